The van der Waals surface area contributed by atoms with E-state index >= 15 is 0 Å². The Bertz CT molecular complexity index is 831. The lowest BCUT2D eigenvalue weighted by Crippen LogP contribution is -2.42. The summed E-state index contributed by atoms with van der Waals surface area (Å²) >= 11 is 0. The third-order valence-electron chi connectivity index (χ3n) is 7.88. The molecule has 3 fully saturated rings. The number of carbonyl (C=O) groups excluding carboxylic acids is 4. The summed E-state index contributed by atoms with van der Waals surface area (Å²) in [5.74, 6) is 2.63. The zero-order chi connectivity index (χ0) is 26.1. The van der Waals surface area contributed by atoms with Gasteiger partial charge in [0.05, 0.1) is 0 Å². The third kappa shape index (κ3) is 7.48. The van der Waals surface area contributed by atoms with Crippen molar-refractivity contribution in [3.05, 3.63) is 25.3 Å². The van der Waals surface area contributed by atoms with Gasteiger partial charge in [-0.05, 0) is 74.5 Å². The van der Waals surface area contributed by atoms with Gasteiger partial charge in [-0.25, -0.2) is 19.2 Å². The Labute approximate surface area is 212 Å². The third-order valence-corrected chi connectivity index (χ3v) is 7.88. The minimum absolute atomic E-state index is 0.00363. The molecule has 0 aliphatic heterocycles. The van der Waals surface area contributed by atoms with Gasteiger partial charge in [-0.1, -0.05) is 13.2 Å². The first-order valence-corrected chi connectivity index (χ1v) is 12.7. The molecular formula is C26H38N2O8. The molecule has 36 heavy (non-hydrogen) atoms. The summed E-state index contributed by atoms with van der Waals surface area (Å²) in [5, 5.41) is 5.74. The molecule has 0 aromatic carbocycles. The van der Waals surface area contributed by atoms with Gasteiger partial charge in [0.25, 0.3) is 0 Å². The van der Waals surface area contributed by atoms with Gasteiger partial charge >= 0.3 is 24.1 Å². The average Bonchev–Trinajstić information content (AvgIpc) is 3.56. The maximum atomic E-state index is 12.1. The Morgan fingerprint density at radius 3 is 2.03 bits per heavy atom. The lowest BCUT2D eigenvalue weighted by Gasteiger charge is -2.35. The fourth-order valence-electron chi connectivity index (χ4n) is 6.48. The summed E-state index contributed by atoms with van der Waals surface area (Å²) in [4.78, 5) is 45.9. The van der Waals surface area contributed by atoms with Crippen molar-refractivity contribution in [2.24, 2.45) is 35.5 Å². The maximum Gasteiger partial charge on any atom is 0.407 e. The summed E-state index contributed by atoms with van der Waals surface area (Å²) in [6, 6.07) is 0.0189. The van der Waals surface area contributed by atoms with Crippen LogP contribution in [0.5, 0.6) is 0 Å². The van der Waals surface area contributed by atoms with Crippen LogP contribution in [0.3, 0.4) is 0 Å². The highest BCUT2D eigenvalue weighted by Gasteiger charge is 2.56. The second-order valence-corrected chi connectivity index (χ2v) is 9.89. The van der Waals surface area contributed by atoms with Crippen molar-refractivity contribution in [3.8, 4) is 0 Å². The second-order valence-electron chi connectivity index (χ2n) is 9.89. The first-order valence-electron chi connectivity index (χ1n) is 12.7. The summed E-state index contributed by atoms with van der Waals surface area (Å²) in [7, 11) is 0. The first kappa shape index (κ1) is 27.5. The van der Waals surface area contributed by atoms with E-state index in [-0.39, 0.29) is 32.5 Å². The molecule has 2 amide bonds. The Kier molecular flexibility index (Phi) is 10.2. The predicted octanol–water partition coefficient (Wildman–Crippen LogP) is 2.97. The largest absolute Gasteiger partial charge is 0.459 e. The number of hydrogen-bond donors (Lipinski definition) is 2. The molecule has 2 N–H and O–H groups in total. The van der Waals surface area contributed by atoms with Crippen LogP contribution in [0.1, 0.15) is 39.0 Å². The van der Waals surface area contributed by atoms with Crippen LogP contribution in [0.15, 0.2) is 25.3 Å². The van der Waals surface area contributed by atoms with Crippen molar-refractivity contribution < 1.29 is 38.1 Å². The van der Waals surface area contributed by atoms with E-state index in [9.17, 15) is 19.2 Å². The quantitative estimate of drug-likeness (QED) is 0.169. The predicted molar refractivity (Wildman–Crippen MR) is 130 cm³/mol. The van der Waals surface area contributed by atoms with Gasteiger partial charge in [-0.15, -0.1) is 0 Å². The molecule has 0 aromatic heterocycles. The Morgan fingerprint density at radius 1 is 0.806 bits per heavy atom. The Morgan fingerprint density at radius 2 is 1.39 bits per heavy atom. The van der Waals surface area contributed by atoms with Crippen molar-refractivity contribution in [2.45, 2.75) is 45.1 Å². The van der Waals surface area contributed by atoms with E-state index in [1.807, 2.05) is 6.92 Å². The standard InChI is InChI=1S/C26H38N2O8/c1-4-23(29)33-8-10-35-25(31)27-7-6-17-12-20-18-14-19(22(15-18)21(20)13-17)16(3)28-26(32)36-11-9-34-24(30)5-2/h4-5,16-22H,1-2,6-15H2,3H3,(H,27,31)(H,28,32). The minimum atomic E-state index is -0.546. The molecule has 0 radical (unpaired) electrons. The molecule has 7 unspecified atom stereocenters. The van der Waals surface area contributed by atoms with Crippen molar-refractivity contribution >= 4 is 24.1 Å². The van der Waals surface area contributed by atoms with Crippen LogP contribution >= 0.6 is 0 Å². The number of fused-ring (bicyclic) bond motifs is 5. The molecule has 0 aromatic rings. The van der Waals surface area contributed by atoms with E-state index < -0.39 is 24.1 Å². The molecule has 7 atom stereocenters. The molecule has 10 heteroatoms. The van der Waals surface area contributed by atoms with Crippen LogP contribution in [-0.2, 0) is 28.5 Å². The van der Waals surface area contributed by atoms with Crippen molar-refractivity contribution in [3.63, 3.8) is 0 Å². The first-order chi connectivity index (χ1) is 17.3. The number of amides is 2. The van der Waals surface area contributed by atoms with Gasteiger partial charge in [-0.3, -0.25) is 0 Å². The number of alkyl carbamates (subject to hydrolysis) is 2. The van der Waals surface area contributed by atoms with E-state index in [0.29, 0.717) is 36.1 Å². The SMILES string of the molecule is C=CC(=O)OCCOC(=O)NCCC1CC2C3CC(C(C)NC(=O)OCCOC(=O)C=C)C(C3)C2C1. The zero-order valence-corrected chi connectivity index (χ0v) is 20.9. The van der Waals surface area contributed by atoms with Crippen LogP contribution in [0.4, 0.5) is 9.59 Å². The molecular weight excluding hydrogens is 468 g/mol. The van der Waals surface area contributed by atoms with Crippen LogP contribution < -0.4 is 10.6 Å². The van der Waals surface area contributed by atoms with Crippen LogP contribution in [-0.4, -0.2) is 63.1 Å². The smallest absolute Gasteiger partial charge is 0.407 e. The number of hydrogen-bond acceptors (Lipinski definition) is 8. The summed E-state index contributed by atoms with van der Waals surface area (Å²) < 4.78 is 19.7. The fourth-order valence-corrected chi connectivity index (χ4v) is 6.48. The molecule has 0 heterocycles. The highest BCUT2D eigenvalue weighted by Crippen LogP contribution is 2.63. The average molecular weight is 507 g/mol. The molecule has 200 valence electrons. The number of ether oxygens (including phenoxy) is 4. The van der Waals surface area contributed by atoms with Crippen LogP contribution in [0.2, 0.25) is 0 Å². The Hall–Kier alpha value is -3.04. The van der Waals surface area contributed by atoms with Gasteiger partial charge < -0.3 is 29.6 Å². The molecule has 3 rings (SSSR count). The van der Waals surface area contributed by atoms with E-state index in [2.05, 4.69) is 23.8 Å². The molecule has 0 saturated heterocycles. The summed E-state index contributed by atoms with van der Waals surface area (Å²) in [6.45, 7) is 9.23. The summed E-state index contributed by atoms with van der Waals surface area (Å²) in [5.41, 5.74) is 0. The van der Waals surface area contributed by atoms with E-state index in [4.69, 9.17) is 18.9 Å². The van der Waals surface area contributed by atoms with Gasteiger partial charge in [-0.2, -0.15) is 0 Å². The normalized spacial score (nSPS) is 28.4. The molecule has 3 saturated carbocycles. The number of esters is 2. The number of carbonyl (C=O) groups is 4. The van der Waals surface area contributed by atoms with Gasteiger partial charge in [0.15, 0.2) is 0 Å². The molecule has 2 bridgehead atoms. The van der Waals surface area contributed by atoms with Gasteiger partial charge in [0.2, 0.25) is 0 Å². The highest BCUT2D eigenvalue weighted by molar-refractivity contribution is 5.81. The monoisotopic (exact) mass is 506 g/mol. The molecule has 3 aliphatic rings. The number of rotatable bonds is 13. The van der Waals surface area contributed by atoms with Gasteiger partial charge in [0, 0.05) is 24.7 Å². The second kappa shape index (κ2) is 13.3. The van der Waals surface area contributed by atoms with Crippen molar-refractivity contribution in [1.82, 2.24) is 10.6 Å². The van der Waals surface area contributed by atoms with Crippen molar-refractivity contribution in [2.75, 3.05) is 33.0 Å². The van der Waals surface area contributed by atoms with Crippen LogP contribution in [0.25, 0.3) is 0 Å². The topological polar surface area (TPSA) is 129 Å². The van der Waals surface area contributed by atoms with E-state index in [1.54, 1.807) is 0 Å². The molecule has 3 aliphatic carbocycles. The zero-order valence-electron chi connectivity index (χ0n) is 20.9. The Balaban J connectivity index is 1.32. The van der Waals surface area contributed by atoms with Crippen LogP contribution in [0, 0.1) is 35.5 Å². The van der Waals surface area contributed by atoms with Gasteiger partial charge in [0.1, 0.15) is 26.4 Å². The maximum absolute atomic E-state index is 12.1. The van der Waals surface area contributed by atoms with E-state index in [0.717, 1.165) is 37.3 Å². The lowest BCUT2D eigenvalue weighted by atomic mass is 9.73. The fraction of sp³-hybridized carbons (Fsp3) is 0.692. The lowest BCUT2D eigenvalue weighted by molar-refractivity contribution is -0.139. The van der Waals surface area contributed by atoms with Crippen molar-refractivity contribution in [1.29, 1.82) is 0 Å². The molecule has 0 spiro atoms. The number of nitrogens with one attached hydrogen (secondary N) is 2. The summed E-state index contributed by atoms with van der Waals surface area (Å²) in [6.07, 6.45) is 6.75. The highest BCUT2D eigenvalue weighted by atomic mass is 16.6. The van der Waals surface area contributed by atoms with E-state index in [1.165, 1.54) is 12.8 Å². The molecule has 10 nitrogen and oxygen atoms in total. The minimum Gasteiger partial charge on any atom is -0.459 e.